The molecule has 0 saturated heterocycles. The van der Waals surface area contributed by atoms with Crippen molar-refractivity contribution in [1.29, 1.82) is 0 Å². The maximum absolute atomic E-state index is 9.75. The van der Waals surface area contributed by atoms with Crippen molar-refractivity contribution in [3.63, 3.8) is 0 Å². The zero-order chi connectivity index (χ0) is 18.8. The molecule has 3 nitrogen and oxygen atoms in total. The summed E-state index contributed by atoms with van der Waals surface area (Å²) in [7, 11) is -1.50. The fraction of sp³-hybridized carbons (Fsp3) is 0. The van der Waals surface area contributed by atoms with Crippen molar-refractivity contribution in [2.45, 2.75) is 0 Å². The third-order valence-electron chi connectivity index (χ3n) is 5.76. The number of hydrogen-bond donors (Lipinski definition) is 2. The van der Waals surface area contributed by atoms with Crippen molar-refractivity contribution >= 4 is 34.4 Å². The first kappa shape index (κ1) is 15.7. The second kappa shape index (κ2) is 5.58. The summed E-state index contributed by atoms with van der Waals surface area (Å²) in [6, 6.07) is 28.9. The number of hydrogen-bond acceptors (Lipinski definition) is 2. The summed E-state index contributed by atoms with van der Waals surface area (Å²) < 4.78 is 2.31. The maximum Gasteiger partial charge on any atom is 0.488 e. The molecule has 0 unspecified atom stereocenters. The molecule has 28 heavy (non-hydrogen) atoms. The average molecular weight is 361 g/mol. The zero-order valence-corrected chi connectivity index (χ0v) is 15.0. The highest BCUT2D eigenvalue weighted by Gasteiger charge is 2.25. The summed E-state index contributed by atoms with van der Waals surface area (Å²) in [6.45, 7) is 0. The van der Waals surface area contributed by atoms with Gasteiger partial charge in [0.25, 0.3) is 0 Å². The van der Waals surface area contributed by atoms with Gasteiger partial charge in [-0.3, -0.25) is 0 Å². The maximum atomic E-state index is 9.75. The minimum atomic E-state index is -1.50. The quantitative estimate of drug-likeness (QED) is 0.433. The van der Waals surface area contributed by atoms with Gasteiger partial charge in [-0.05, 0) is 28.7 Å². The summed E-state index contributed by atoms with van der Waals surface area (Å²) in [5.41, 5.74) is 8.32. The molecule has 1 aliphatic heterocycles. The summed E-state index contributed by atoms with van der Waals surface area (Å²) in [5, 5.41) is 21.9. The average Bonchev–Trinajstić information content (AvgIpc) is 3.01. The van der Waals surface area contributed by atoms with Gasteiger partial charge in [-0.2, -0.15) is 0 Å². The second-order valence-electron chi connectivity index (χ2n) is 7.25. The normalized spacial score (nSPS) is 11.9. The SMILES string of the molecule is OB(O)c1ccc2c(c1)-c1ccccc1-c1cccc3c4ccccc4n-2c13. The predicted molar refractivity (Wildman–Crippen MR) is 115 cm³/mol. The molecule has 4 heteroatoms. The number of fused-ring (bicyclic) bond motifs is 8. The van der Waals surface area contributed by atoms with Gasteiger partial charge in [-0.25, -0.2) is 0 Å². The molecule has 0 saturated carbocycles. The van der Waals surface area contributed by atoms with Gasteiger partial charge in [0.05, 0.1) is 16.7 Å². The summed E-state index contributed by atoms with van der Waals surface area (Å²) in [5.74, 6) is 0. The van der Waals surface area contributed by atoms with Crippen LogP contribution in [0.5, 0.6) is 0 Å². The standard InChI is InChI=1S/C24H16BNO2/c27-25(28)15-12-13-23-21(14-15)17-7-2-1-6-16(17)19-9-5-10-20-18-8-3-4-11-22(18)26(23)24(19)20/h1-14,27-28H. The Morgan fingerprint density at radius 1 is 0.607 bits per heavy atom. The molecule has 0 bridgehead atoms. The van der Waals surface area contributed by atoms with Crippen molar-refractivity contribution in [3.8, 4) is 27.9 Å². The molecule has 5 aromatic rings. The fourth-order valence-corrected chi connectivity index (χ4v) is 4.56. The molecule has 0 spiro atoms. The minimum Gasteiger partial charge on any atom is -0.423 e. The molecule has 1 aliphatic rings. The lowest BCUT2D eigenvalue weighted by atomic mass is 9.78. The van der Waals surface area contributed by atoms with Crippen LogP contribution < -0.4 is 5.46 Å². The van der Waals surface area contributed by atoms with E-state index in [9.17, 15) is 10.0 Å². The Kier molecular flexibility index (Phi) is 3.13. The lowest BCUT2D eigenvalue weighted by Gasteiger charge is -2.14. The van der Waals surface area contributed by atoms with E-state index in [0.717, 1.165) is 27.9 Å². The Balaban J connectivity index is 1.90. The molecule has 0 atom stereocenters. The Labute approximate surface area is 162 Å². The minimum absolute atomic E-state index is 0.493. The molecule has 0 amide bonds. The summed E-state index contributed by atoms with van der Waals surface area (Å²) >= 11 is 0. The molecular formula is C24H16BNO2. The van der Waals surface area contributed by atoms with Crippen LogP contribution in [0.25, 0.3) is 49.7 Å². The smallest absolute Gasteiger partial charge is 0.423 e. The number of aromatic nitrogens is 1. The van der Waals surface area contributed by atoms with Crippen LogP contribution in [-0.4, -0.2) is 21.7 Å². The monoisotopic (exact) mass is 361 g/mol. The lowest BCUT2D eigenvalue weighted by Crippen LogP contribution is -2.29. The van der Waals surface area contributed by atoms with Crippen molar-refractivity contribution in [1.82, 2.24) is 4.57 Å². The highest BCUT2D eigenvalue weighted by molar-refractivity contribution is 6.58. The van der Waals surface area contributed by atoms with Crippen LogP contribution in [0.1, 0.15) is 0 Å². The first-order valence-corrected chi connectivity index (χ1v) is 9.36. The topological polar surface area (TPSA) is 45.4 Å². The Morgan fingerprint density at radius 3 is 2.11 bits per heavy atom. The Hall–Kier alpha value is -3.34. The molecule has 132 valence electrons. The third-order valence-corrected chi connectivity index (χ3v) is 5.76. The van der Waals surface area contributed by atoms with Gasteiger partial charge in [0, 0.05) is 21.9 Å². The van der Waals surface area contributed by atoms with E-state index in [1.165, 1.54) is 21.9 Å². The molecule has 4 aromatic carbocycles. The highest BCUT2D eigenvalue weighted by Crippen LogP contribution is 2.45. The van der Waals surface area contributed by atoms with Crippen molar-refractivity contribution in [3.05, 3.63) is 84.9 Å². The number of para-hydroxylation sites is 2. The zero-order valence-electron chi connectivity index (χ0n) is 15.0. The molecule has 2 heterocycles. The fourth-order valence-electron chi connectivity index (χ4n) is 4.56. The van der Waals surface area contributed by atoms with E-state index >= 15 is 0 Å². The van der Waals surface area contributed by atoms with E-state index in [0.29, 0.717) is 5.46 Å². The van der Waals surface area contributed by atoms with Gasteiger partial charge in [0.1, 0.15) is 0 Å². The molecule has 0 fully saturated rings. The first-order valence-electron chi connectivity index (χ1n) is 9.36. The van der Waals surface area contributed by atoms with E-state index in [-0.39, 0.29) is 0 Å². The van der Waals surface area contributed by atoms with Crippen LogP contribution in [0.4, 0.5) is 0 Å². The molecule has 2 N–H and O–H groups in total. The van der Waals surface area contributed by atoms with Crippen LogP contribution in [0, 0.1) is 0 Å². The van der Waals surface area contributed by atoms with Crippen molar-refractivity contribution in [2.24, 2.45) is 0 Å². The van der Waals surface area contributed by atoms with Gasteiger partial charge < -0.3 is 14.6 Å². The van der Waals surface area contributed by atoms with E-state index in [1.807, 2.05) is 18.2 Å². The van der Waals surface area contributed by atoms with Gasteiger partial charge in [0.2, 0.25) is 0 Å². The number of nitrogens with zero attached hydrogens (tertiary/aromatic N) is 1. The van der Waals surface area contributed by atoms with Gasteiger partial charge >= 0.3 is 7.12 Å². The van der Waals surface area contributed by atoms with E-state index < -0.39 is 7.12 Å². The Bertz CT molecular complexity index is 1400. The number of rotatable bonds is 1. The van der Waals surface area contributed by atoms with Gasteiger partial charge in [0.15, 0.2) is 0 Å². The van der Waals surface area contributed by atoms with Crippen LogP contribution in [0.15, 0.2) is 84.9 Å². The molecule has 0 radical (unpaired) electrons. The lowest BCUT2D eigenvalue weighted by molar-refractivity contribution is 0.426. The van der Waals surface area contributed by atoms with E-state index in [2.05, 4.69) is 65.2 Å². The Morgan fingerprint density at radius 2 is 1.29 bits per heavy atom. The highest BCUT2D eigenvalue weighted by atomic mass is 16.4. The van der Waals surface area contributed by atoms with Gasteiger partial charge in [-0.1, -0.05) is 72.8 Å². The van der Waals surface area contributed by atoms with Crippen LogP contribution >= 0.6 is 0 Å². The first-order chi connectivity index (χ1) is 13.7. The van der Waals surface area contributed by atoms with Gasteiger partial charge in [-0.15, -0.1) is 0 Å². The number of benzene rings is 4. The molecule has 0 aliphatic carbocycles. The largest absolute Gasteiger partial charge is 0.488 e. The predicted octanol–water partition coefficient (Wildman–Crippen LogP) is 4.11. The van der Waals surface area contributed by atoms with Crippen LogP contribution in [-0.2, 0) is 0 Å². The second-order valence-corrected chi connectivity index (χ2v) is 7.25. The molecule has 1 aromatic heterocycles. The third kappa shape index (κ3) is 1.96. The summed E-state index contributed by atoms with van der Waals surface area (Å²) in [6.07, 6.45) is 0. The summed E-state index contributed by atoms with van der Waals surface area (Å²) in [4.78, 5) is 0. The molecule has 6 rings (SSSR count). The van der Waals surface area contributed by atoms with E-state index in [4.69, 9.17) is 0 Å². The van der Waals surface area contributed by atoms with Crippen LogP contribution in [0.3, 0.4) is 0 Å². The van der Waals surface area contributed by atoms with Crippen LogP contribution in [0.2, 0.25) is 0 Å². The van der Waals surface area contributed by atoms with E-state index in [1.54, 1.807) is 6.07 Å². The van der Waals surface area contributed by atoms with Crippen molar-refractivity contribution in [2.75, 3.05) is 0 Å². The van der Waals surface area contributed by atoms with Crippen molar-refractivity contribution < 1.29 is 10.0 Å². The molecular weight excluding hydrogens is 345 g/mol.